The van der Waals surface area contributed by atoms with Crippen molar-refractivity contribution in [2.45, 2.75) is 43.6 Å². The summed E-state index contributed by atoms with van der Waals surface area (Å²) >= 11 is 0. The second-order valence-corrected chi connectivity index (χ2v) is 5.85. The zero-order valence-electron chi connectivity index (χ0n) is 9.36. The number of carboxylic acid groups (broad SMARTS) is 1. The fourth-order valence-electron chi connectivity index (χ4n) is 4.65. The number of rotatable bonds is 2. The molecule has 3 aliphatic rings. The summed E-state index contributed by atoms with van der Waals surface area (Å²) in [5.41, 5.74) is -2.37. The summed E-state index contributed by atoms with van der Waals surface area (Å²) in [5, 5.41) is 20.7. The number of hydrogen-bond acceptors (Lipinski definition) is 3. The smallest absolute Gasteiger partial charge is 0.315 e. The highest BCUT2D eigenvalue weighted by Gasteiger charge is 2.69. The van der Waals surface area contributed by atoms with Crippen LogP contribution >= 0.6 is 0 Å². The molecule has 0 saturated heterocycles. The Labute approximate surface area is 97.8 Å². The molecule has 5 heteroatoms. The molecule has 3 nitrogen and oxygen atoms in total. The molecule has 0 aliphatic heterocycles. The van der Waals surface area contributed by atoms with E-state index < -0.39 is 23.4 Å². The molecular formula is C12H15F2O3-. The highest BCUT2D eigenvalue weighted by atomic mass is 19.3. The third kappa shape index (κ3) is 1.21. The maximum Gasteiger partial charge on any atom is 0.315 e. The molecule has 17 heavy (non-hydrogen) atoms. The summed E-state index contributed by atoms with van der Waals surface area (Å²) in [6.07, 6.45) is 3.36. The van der Waals surface area contributed by atoms with Gasteiger partial charge >= 0.3 is 5.92 Å². The van der Waals surface area contributed by atoms with E-state index in [1.165, 1.54) is 0 Å². The van der Waals surface area contributed by atoms with Crippen LogP contribution in [0.3, 0.4) is 0 Å². The van der Waals surface area contributed by atoms with Crippen LogP contribution in [0.2, 0.25) is 0 Å². The number of carbonyl (C=O) groups is 1. The Bertz CT molecular complexity index is 371. The fraction of sp³-hybridized carbons (Fsp3) is 0.917. The molecule has 3 saturated carbocycles. The lowest BCUT2D eigenvalue weighted by Gasteiger charge is -2.43. The number of alkyl halides is 2. The number of halogens is 2. The number of fused-ring (bicyclic) bond motifs is 5. The molecule has 2 bridgehead atoms. The van der Waals surface area contributed by atoms with E-state index >= 15 is 0 Å². The Hall–Kier alpha value is -0.710. The number of aliphatic hydroxyl groups is 1. The predicted molar refractivity (Wildman–Crippen MR) is 51.9 cm³/mol. The van der Waals surface area contributed by atoms with Crippen molar-refractivity contribution >= 4 is 5.97 Å². The van der Waals surface area contributed by atoms with Gasteiger partial charge in [-0.3, -0.25) is 0 Å². The maximum absolute atomic E-state index is 13.6. The molecule has 0 radical (unpaired) electrons. The molecule has 1 N–H and O–H groups in total. The first kappa shape index (κ1) is 11.4. The van der Waals surface area contributed by atoms with Gasteiger partial charge in [0.15, 0.2) is 0 Å². The van der Waals surface area contributed by atoms with Gasteiger partial charge in [-0.15, -0.1) is 0 Å². The lowest BCUT2D eigenvalue weighted by Crippen LogP contribution is -2.62. The first-order chi connectivity index (χ1) is 7.88. The second kappa shape index (κ2) is 3.19. The van der Waals surface area contributed by atoms with E-state index in [9.17, 15) is 23.8 Å². The second-order valence-electron chi connectivity index (χ2n) is 5.85. The van der Waals surface area contributed by atoms with Gasteiger partial charge in [0, 0.05) is 0 Å². The molecule has 0 heterocycles. The van der Waals surface area contributed by atoms with Gasteiger partial charge in [0.25, 0.3) is 0 Å². The van der Waals surface area contributed by atoms with Crippen molar-refractivity contribution in [3.8, 4) is 0 Å². The van der Waals surface area contributed by atoms with Gasteiger partial charge in [-0.1, -0.05) is 6.42 Å². The minimum atomic E-state index is -4.13. The molecule has 5 unspecified atom stereocenters. The number of hydrogen-bond donors (Lipinski definition) is 1. The van der Waals surface area contributed by atoms with E-state index in [0.717, 1.165) is 19.3 Å². The van der Waals surface area contributed by atoms with Crippen molar-refractivity contribution in [2.24, 2.45) is 23.7 Å². The van der Waals surface area contributed by atoms with Crippen molar-refractivity contribution in [1.82, 2.24) is 0 Å². The zero-order valence-corrected chi connectivity index (χ0v) is 9.36. The molecule has 0 aromatic heterocycles. The highest BCUT2D eigenvalue weighted by Crippen LogP contribution is 2.65. The lowest BCUT2D eigenvalue weighted by molar-refractivity contribution is -0.348. The van der Waals surface area contributed by atoms with Crippen LogP contribution in [0.25, 0.3) is 0 Å². The summed E-state index contributed by atoms with van der Waals surface area (Å²) in [5.74, 6) is -6.54. The predicted octanol–water partition coefficient (Wildman–Crippen LogP) is 0.559. The molecule has 3 aliphatic carbocycles. The minimum Gasteiger partial charge on any atom is -0.544 e. The molecule has 0 amide bonds. The zero-order chi connectivity index (χ0) is 12.4. The van der Waals surface area contributed by atoms with E-state index in [4.69, 9.17) is 0 Å². The first-order valence-electron chi connectivity index (χ1n) is 6.19. The monoisotopic (exact) mass is 245 g/mol. The molecule has 0 aromatic rings. The molecule has 96 valence electrons. The molecule has 5 atom stereocenters. The Kier molecular flexibility index (Phi) is 2.14. The lowest BCUT2D eigenvalue weighted by atomic mass is 9.70. The summed E-state index contributed by atoms with van der Waals surface area (Å²) in [6, 6.07) is 0. The minimum absolute atomic E-state index is 0.0720. The Morgan fingerprint density at radius 3 is 2.65 bits per heavy atom. The van der Waals surface area contributed by atoms with Crippen molar-refractivity contribution in [3.63, 3.8) is 0 Å². The average Bonchev–Trinajstić information content (AvgIpc) is 2.86. The first-order valence-corrected chi connectivity index (χ1v) is 6.19. The molecule has 0 spiro atoms. The highest BCUT2D eigenvalue weighted by molar-refractivity contribution is 5.75. The molecule has 3 fully saturated rings. The summed E-state index contributed by atoms with van der Waals surface area (Å²) in [7, 11) is 0. The fourth-order valence-corrected chi connectivity index (χ4v) is 4.65. The third-order valence-electron chi connectivity index (χ3n) is 5.29. The largest absolute Gasteiger partial charge is 0.544 e. The topological polar surface area (TPSA) is 60.4 Å². The summed E-state index contributed by atoms with van der Waals surface area (Å²) < 4.78 is 27.3. The number of aliphatic carboxylic acids is 1. The van der Waals surface area contributed by atoms with Crippen LogP contribution in [-0.4, -0.2) is 22.6 Å². The SMILES string of the molecule is O=C([O-])C(F)(F)C1(O)CC2CC1C1CCCC21. The van der Waals surface area contributed by atoms with Crippen LogP contribution in [0.4, 0.5) is 8.78 Å². The van der Waals surface area contributed by atoms with Crippen molar-refractivity contribution in [2.75, 3.05) is 0 Å². The number of carbonyl (C=O) groups excluding carboxylic acids is 1. The molecule has 3 rings (SSSR count). The van der Waals surface area contributed by atoms with Crippen LogP contribution in [-0.2, 0) is 4.79 Å². The van der Waals surface area contributed by atoms with Gasteiger partial charge in [0.05, 0.1) is 0 Å². The Balaban J connectivity index is 1.94. The van der Waals surface area contributed by atoms with E-state index in [1.807, 2.05) is 0 Å². The molecule has 0 aromatic carbocycles. The van der Waals surface area contributed by atoms with Gasteiger partial charge in [0.2, 0.25) is 0 Å². The van der Waals surface area contributed by atoms with E-state index in [0.29, 0.717) is 12.3 Å². The van der Waals surface area contributed by atoms with Gasteiger partial charge in [-0.2, -0.15) is 8.78 Å². The Morgan fingerprint density at radius 2 is 2.00 bits per heavy atom. The normalized spacial score (nSPS) is 48.4. The van der Waals surface area contributed by atoms with Crippen LogP contribution < -0.4 is 5.11 Å². The molecular weight excluding hydrogens is 230 g/mol. The average molecular weight is 245 g/mol. The Morgan fingerprint density at radius 1 is 1.35 bits per heavy atom. The standard InChI is InChI=1S/C12H16F2O3/c13-12(14,10(15)16)11(17)5-6-4-9(11)8-3-1-2-7(6)8/h6-9,17H,1-5H2,(H,15,16)/p-1. The van der Waals surface area contributed by atoms with Crippen LogP contribution in [0.1, 0.15) is 32.1 Å². The van der Waals surface area contributed by atoms with Crippen LogP contribution in [0.15, 0.2) is 0 Å². The van der Waals surface area contributed by atoms with Crippen LogP contribution in [0, 0.1) is 23.7 Å². The van der Waals surface area contributed by atoms with E-state index in [2.05, 4.69) is 0 Å². The third-order valence-corrected chi connectivity index (χ3v) is 5.29. The number of carboxylic acids is 1. The van der Waals surface area contributed by atoms with Crippen molar-refractivity contribution in [3.05, 3.63) is 0 Å². The maximum atomic E-state index is 13.6. The van der Waals surface area contributed by atoms with E-state index in [1.54, 1.807) is 0 Å². The van der Waals surface area contributed by atoms with Gasteiger partial charge < -0.3 is 15.0 Å². The van der Waals surface area contributed by atoms with Crippen molar-refractivity contribution < 1.29 is 23.8 Å². The van der Waals surface area contributed by atoms with E-state index in [-0.39, 0.29) is 18.3 Å². The summed E-state index contributed by atoms with van der Waals surface area (Å²) in [6.45, 7) is 0. The van der Waals surface area contributed by atoms with Crippen molar-refractivity contribution in [1.29, 1.82) is 0 Å². The van der Waals surface area contributed by atoms with Crippen LogP contribution in [0.5, 0.6) is 0 Å². The van der Waals surface area contributed by atoms with Gasteiger partial charge in [-0.25, -0.2) is 0 Å². The van der Waals surface area contributed by atoms with Gasteiger partial charge in [-0.05, 0) is 49.4 Å². The quantitative estimate of drug-likeness (QED) is 0.773. The van der Waals surface area contributed by atoms with Gasteiger partial charge in [0.1, 0.15) is 11.6 Å². The summed E-state index contributed by atoms with van der Waals surface area (Å²) in [4.78, 5) is 10.6.